The van der Waals surface area contributed by atoms with Gasteiger partial charge in [-0.05, 0) is 31.9 Å². The molecule has 1 saturated heterocycles. The minimum Gasteiger partial charge on any atom is -0.450 e. The zero-order valence-corrected chi connectivity index (χ0v) is 15.3. The Labute approximate surface area is 157 Å². The van der Waals surface area contributed by atoms with E-state index in [1.54, 1.807) is 36.4 Å². The van der Waals surface area contributed by atoms with E-state index in [4.69, 9.17) is 9.26 Å². The minimum atomic E-state index is -0.288. The Bertz CT molecular complexity index is 756. The van der Waals surface area contributed by atoms with Gasteiger partial charge < -0.3 is 19.5 Å². The molecule has 3 rings (SSSR count). The maximum atomic E-state index is 12.2. The lowest BCUT2D eigenvalue weighted by molar-refractivity contribution is -0.122. The Morgan fingerprint density at radius 3 is 2.74 bits per heavy atom. The minimum absolute atomic E-state index is 0.0618. The van der Waals surface area contributed by atoms with Crippen LogP contribution in [0.1, 0.15) is 32.1 Å². The predicted octanol–water partition coefficient (Wildman–Crippen LogP) is 1.80. The molecule has 0 aromatic carbocycles. The van der Waals surface area contributed by atoms with Gasteiger partial charge in [0.25, 0.3) is 0 Å². The molecular formula is C18H23N5O4. The van der Waals surface area contributed by atoms with Crippen LogP contribution < -0.4 is 5.32 Å². The van der Waals surface area contributed by atoms with Crippen LogP contribution in [0.5, 0.6) is 0 Å². The molecule has 0 aliphatic carbocycles. The van der Waals surface area contributed by atoms with Gasteiger partial charge in [0.1, 0.15) is 0 Å². The summed E-state index contributed by atoms with van der Waals surface area (Å²) in [4.78, 5) is 33.8. The van der Waals surface area contributed by atoms with E-state index >= 15 is 0 Å². The molecule has 0 unspecified atom stereocenters. The number of hydrogen-bond acceptors (Lipinski definition) is 7. The lowest BCUT2D eigenvalue weighted by Gasteiger charge is -2.31. The quantitative estimate of drug-likeness (QED) is 0.822. The summed E-state index contributed by atoms with van der Waals surface area (Å²) < 4.78 is 10.2. The largest absolute Gasteiger partial charge is 0.450 e. The predicted molar refractivity (Wildman–Crippen MR) is 95.6 cm³/mol. The van der Waals surface area contributed by atoms with Crippen LogP contribution in [0.15, 0.2) is 29.0 Å². The smallest absolute Gasteiger partial charge is 0.409 e. The van der Waals surface area contributed by atoms with Crippen molar-refractivity contribution in [1.82, 2.24) is 25.3 Å². The molecule has 1 fully saturated rings. The molecule has 2 aromatic rings. The van der Waals surface area contributed by atoms with Gasteiger partial charge in [-0.3, -0.25) is 9.78 Å². The SMILES string of the molecule is CCOC(=O)N1CCC(NC(=O)CCc2nc(-c3ccncc3)no2)CC1. The van der Waals surface area contributed by atoms with Gasteiger partial charge in [-0.2, -0.15) is 4.98 Å². The summed E-state index contributed by atoms with van der Waals surface area (Å²) in [5.41, 5.74) is 0.817. The van der Waals surface area contributed by atoms with E-state index in [0.717, 1.165) is 18.4 Å². The molecule has 3 heterocycles. The highest BCUT2D eigenvalue weighted by molar-refractivity contribution is 5.76. The van der Waals surface area contributed by atoms with E-state index in [9.17, 15) is 9.59 Å². The van der Waals surface area contributed by atoms with E-state index in [0.29, 0.717) is 37.8 Å². The maximum Gasteiger partial charge on any atom is 0.409 e. The number of aryl methyl sites for hydroxylation is 1. The molecule has 9 heteroatoms. The van der Waals surface area contributed by atoms with Gasteiger partial charge in [-0.1, -0.05) is 5.16 Å². The number of carbonyl (C=O) groups is 2. The van der Waals surface area contributed by atoms with Crippen LogP contribution in [-0.4, -0.2) is 57.8 Å². The first-order valence-electron chi connectivity index (χ1n) is 9.09. The molecule has 2 aromatic heterocycles. The highest BCUT2D eigenvalue weighted by Crippen LogP contribution is 2.15. The number of nitrogens with zero attached hydrogens (tertiary/aromatic N) is 4. The fourth-order valence-electron chi connectivity index (χ4n) is 2.92. The first-order chi connectivity index (χ1) is 13.2. The fourth-order valence-corrected chi connectivity index (χ4v) is 2.92. The normalized spacial score (nSPS) is 14.8. The Morgan fingerprint density at radius 1 is 1.30 bits per heavy atom. The number of amides is 2. The van der Waals surface area contributed by atoms with Crippen molar-refractivity contribution >= 4 is 12.0 Å². The zero-order valence-electron chi connectivity index (χ0n) is 15.3. The van der Waals surface area contributed by atoms with Gasteiger partial charge in [0.15, 0.2) is 0 Å². The van der Waals surface area contributed by atoms with Crippen molar-refractivity contribution in [3.8, 4) is 11.4 Å². The average Bonchev–Trinajstić information content (AvgIpc) is 3.17. The van der Waals surface area contributed by atoms with Gasteiger partial charge >= 0.3 is 6.09 Å². The Kier molecular flexibility index (Phi) is 6.35. The summed E-state index contributed by atoms with van der Waals surface area (Å²) >= 11 is 0. The summed E-state index contributed by atoms with van der Waals surface area (Å²) in [6, 6.07) is 3.66. The fraction of sp³-hybridized carbons (Fsp3) is 0.500. The molecule has 0 atom stereocenters. The van der Waals surface area contributed by atoms with Crippen LogP contribution in [-0.2, 0) is 16.0 Å². The van der Waals surface area contributed by atoms with Crippen LogP contribution in [0.3, 0.4) is 0 Å². The number of nitrogens with one attached hydrogen (secondary N) is 1. The van der Waals surface area contributed by atoms with E-state index in [1.165, 1.54) is 0 Å². The van der Waals surface area contributed by atoms with Crippen LogP contribution in [0.25, 0.3) is 11.4 Å². The molecule has 2 amide bonds. The highest BCUT2D eigenvalue weighted by Gasteiger charge is 2.24. The van der Waals surface area contributed by atoms with Gasteiger partial charge in [0.2, 0.25) is 17.6 Å². The van der Waals surface area contributed by atoms with E-state index in [2.05, 4.69) is 20.4 Å². The first-order valence-corrected chi connectivity index (χ1v) is 9.09. The second-order valence-corrected chi connectivity index (χ2v) is 6.28. The third-order valence-electron chi connectivity index (χ3n) is 4.36. The number of rotatable bonds is 6. The number of likely N-dealkylation sites (tertiary alicyclic amines) is 1. The second-order valence-electron chi connectivity index (χ2n) is 6.28. The monoisotopic (exact) mass is 373 g/mol. The first kappa shape index (κ1) is 18.8. The summed E-state index contributed by atoms with van der Waals surface area (Å²) in [6.45, 7) is 3.33. The van der Waals surface area contributed by atoms with Crippen molar-refractivity contribution in [2.24, 2.45) is 0 Å². The molecule has 144 valence electrons. The Morgan fingerprint density at radius 2 is 2.04 bits per heavy atom. The number of aromatic nitrogens is 3. The zero-order chi connectivity index (χ0) is 19.1. The number of hydrogen-bond donors (Lipinski definition) is 1. The summed E-state index contributed by atoms with van der Waals surface area (Å²) in [5.74, 6) is 0.849. The Balaban J connectivity index is 1.41. The van der Waals surface area contributed by atoms with E-state index < -0.39 is 0 Å². The molecule has 9 nitrogen and oxygen atoms in total. The van der Waals surface area contributed by atoms with Crippen molar-refractivity contribution in [3.63, 3.8) is 0 Å². The third-order valence-corrected chi connectivity index (χ3v) is 4.36. The van der Waals surface area contributed by atoms with E-state index in [-0.39, 0.29) is 24.5 Å². The van der Waals surface area contributed by atoms with Crippen molar-refractivity contribution in [2.45, 2.75) is 38.6 Å². The van der Waals surface area contributed by atoms with Gasteiger partial charge in [0.05, 0.1) is 6.61 Å². The molecule has 0 spiro atoms. The lowest BCUT2D eigenvalue weighted by atomic mass is 10.1. The number of piperidine rings is 1. The topological polar surface area (TPSA) is 110 Å². The van der Waals surface area contributed by atoms with E-state index in [1.807, 2.05) is 0 Å². The standard InChI is InChI=1S/C18H23N5O4/c1-2-26-18(25)23-11-7-14(8-12-23)20-15(24)3-4-16-21-17(22-27-16)13-5-9-19-10-6-13/h5-6,9-10,14H,2-4,7-8,11-12H2,1H3,(H,20,24). The number of ether oxygens (including phenoxy) is 1. The third kappa shape index (κ3) is 5.25. The molecule has 27 heavy (non-hydrogen) atoms. The van der Waals surface area contributed by atoms with Crippen LogP contribution in [0, 0.1) is 0 Å². The van der Waals surface area contributed by atoms with Gasteiger partial charge in [-0.15, -0.1) is 0 Å². The average molecular weight is 373 g/mol. The molecule has 0 bridgehead atoms. The van der Waals surface area contributed by atoms with Crippen LogP contribution in [0.4, 0.5) is 4.79 Å². The van der Waals surface area contributed by atoms with Gasteiger partial charge in [-0.25, -0.2) is 4.79 Å². The highest BCUT2D eigenvalue weighted by atomic mass is 16.6. The van der Waals surface area contributed by atoms with Gasteiger partial charge in [0, 0.05) is 49.9 Å². The molecular weight excluding hydrogens is 350 g/mol. The summed E-state index contributed by atoms with van der Waals surface area (Å²) in [7, 11) is 0. The molecule has 0 saturated carbocycles. The molecule has 1 aliphatic rings. The van der Waals surface area contributed by atoms with Crippen molar-refractivity contribution in [2.75, 3.05) is 19.7 Å². The van der Waals surface area contributed by atoms with Crippen LogP contribution >= 0.6 is 0 Å². The number of pyridine rings is 1. The molecule has 1 N–H and O–H groups in total. The maximum absolute atomic E-state index is 12.2. The number of carbonyl (C=O) groups excluding carboxylic acids is 2. The molecule has 1 aliphatic heterocycles. The molecule has 0 radical (unpaired) electrons. The van der Waals surface area contributed by atoms with Crippen molar-refractivity contribution in [1.29, 1.82) is 0 Å². The second kappa shape index (κ2) is 9.11. The lowest BCUT2D eigenvalue weighted by Crippen LogP contribution is -2.46. The van der Waals surface area contributed by atoms with Crippen molar-refractivity contribution in [3.05, 3.63) is 30.4 Å². The van der Waals surface area contributed by atoms with Crippen molar-refractivity contribution < 1.29 is 18.8 Å². The summed E-state index contributed by atoms with van der Waals surface area (Å²) in [5, 5.41) is 6.93. The summed E-state index contributed by atoms with van der Waals surface area (Å²) in [6.07, 6.45) is 5.12. The Hall–Kier alpha value is -2.97. The van der Waals surface area contributed by atoms with Crippen LogP contribution in [0.2, 0.25) is 0 Å².